The second-order valence-corrected chi connectivity index (χ2v) is 4.58. The van der Waals surface area contributed by atoms with Crippen molar-refractivity contribution in [1.82, 2.24) is 4.90 Å². The van der Waals surface area contributed by atoms with E-state index in [1.807, 2.05) is 6.92 Å². The highest BCUT2D eigenvalue weighted by Crippen LogP contribution is 2.28. The summed E-state index contributed by atoms with van der Waals surface area (Å²) in [4.78, 5) is 23.6. The highest BCUT2D eigenvalue weighted by atomic mass is 16.3. The maximum atomic E-state index is 11.0. The fourth-order valence-corrected chi connectivity index (χ4v) is 1.94. The normalized spacial score (nSPS) is 12.4. The Hall–Kier alpha value is -2.08. The van der Waals surface area contributed by atoms with Crippen LogP contribution < -0.4 is 11.5 Å². The van der Waals surface area contributed by atoms with E-state index in [0.29, 0.717) is 5.56 Å². The summed E-state index contributed by atoms with van der Waals surface area (Å²) >= 11 is 0. The number of nitrogens with zero attached hydrogens (tertiary/aromatic N) is 1. The first-order valence-electron chi connectivity index (χ1n) is 5.91. The summed E-state index contributed by atoms with van der Waals surface area (Å²) < 4.78 is 0. The molecule has 1 unspecified atom stereocenters. The molecule has 2 amide bonds. The van der Waals surface area contributed by atoms with Crippen LogP contribution >= 0.6 is 0 Å². The predicted molar refractivity (Wildman–Crippen MR) is 71.2 cm³/mol. The highest BCUT2D eigenvalue weighted by molar-refractivity contribution is 5.79. The van der Waals surface area contributed by atoms with Crippen molar-refractivity contribution in [3.05, 3.63) is 29.3 Å². The van der Waals surface area contributed by atoms with Gasteiger partial charge in [0.05, 0.1) is 13.1 Å². The van der Waals surface area contributed by atoms with Crippen molar-refractivity contribution >= 4 is 11.8 Å². The number of carbonyl (C=O) groups excluding carboxylic acids is 2. The molecular weight excluding hydrogens is 246 g/mol. The molecular formula is C13H19N3O3. The Bertz CT molecular complexity index is 472. The summed E-state index contributed by atoms with van der Waals surface area (Å²) in [5.74, 6) is -1.00. The number of carbonyl (C=O) groups is 2. The number of nitrogens with two attached hydrogens (primary N) is 2. The zero-order chi connectivity index (χ0) is 14.6. The Kier molecular flexibility index (Phi) is 4.88. The topological polar surface area (TPSA) is 110 Å². The van der Waals surface area contributed by atoms with E-state index in [1.54, 1.807) is 25.1 Å². The molecule has 0 fully saturated rings. The van der Waals surface area contributed by atoms with Crippen LogP contribution in [-0.4, -0.2) is 34.9 Å². The number of amides is 2. The van der Waals surface area contributed by atoms with Crippen molar-refractivity contribution in [1.29, 1.82) is 0 Å². The molecule has 6 heteroatoms. The minimum Gasteiger partial charge on any atom is -0.508 e. The molecule has 6 nitrogen and oxygen atoms in total. The zero-order valence-corrected chi connectivity index (χ0v) is 11.1. The molecule has 5 N–H and O–H groups in total. The van der Waals surface area contributed by atoms with Crippen LogP contribution in [0, 0.1) is 6.92 Å². The van der Waals surface area contributed by atoms with Gasteiger partial charge in [-0.3, -0.25) is 14.5 Å². The fourth-order valence-electron chi connectivity index (χ4n) is 1.94. The third-order valence-electron chi connectivity index (χ3n) is 2.90. The van der Waals surface area contributed by atoms with Crippen LogP contribution in [0.3, 0.4) is 0 Å². The number of hydrogen-bond donors (Lipinski definition) is 3. The molecule has 0 aliphatic heterocycles. The van der Waals surface area contributed by atoms with Gasteiger partial charge in [-0.25, -0.2) is 0 Å². The molecule has 0 aliphatic carbocycles. The number of primary amides is 2. The van der Waals surface area contributed by atoms with Crippen molar-refractivity contribution < 1.29 is 14.7 Å². The first kappa shape index (κ1) is 15.0. The molecule has 19 heavy (non-hydrogen) atoms. The number of benzene rings is 1. The standard InChI is InChI=1S/C13H19N3O3/c1-8-3-4-11(17)10(5-8)9(2)16(6-12(14)18)7-13(15)19/h3-5,9,17H,6-7H2,1-2H3,(H2,14,18)(H2,15,19). The van der Waals surface area contributed by atoms with E-state index >= 15 is 0 Å². The van der Waals surface area contributed by atoms with E-state index < -0.39 is 11.8 Å². The predicted octanol–water partition coefficient (Wildman–Crippen LogP) is 0.0342. The van der Waals surface area contributed by atoms with Crippen molar-refractivity contribution in [3.8, 4) is 5.75 Å². The number of aryl methyl sites for hydroxylation is 1. The third kappa shape index (κ3) is 4.26. The molecule has 0 saturated heterocycles. The van der Waals surface area contributed by atoms with Gasteiger partial charge in [-0.15, -0.1) is 0 Å². The highest BCUT2D eigenvalue weighted by Gasteiger charge is 2.21. The van der Waals surface area contributed by atoms with Gasteiger partial charge in [0.15, 0.2) is 0 Å². The largest absolute Gasteiger partial charge is 0.508 e. The molecule has 1 aromatic rings. The lowest BCUT2D eigenvalue weighted by molar-refractivity contribution is -0.122. The van der Waals surface area contributed by atoms with Crippen molar-refractivity contribution in [3.63, 3.8) is 0 Å². The quantitative estimate of drug-likeness (QED) is 0.674. The maximum absolute atomic E-state index is 11.0. The van der Waals surface area contributed by atoms with E-state index in [-0.39, 0.29) is 24.9 Å². The second kappa shape index (κ2) is 6.19. The van der Waals surface area contributed by atoms with E-state index in [1.165, 1.54) is 4.90 Å². The van der Waals surface area contributed by atoms with E-state index in [0.717, 1.165) is 5.56 Å². The molecule has 0 aromatic heterocycles. The third-order valence-corrected chi connectivity index (χ3v) is 2.90. The first-order chi connectivity index (χ1) is 8.81. The Morgan fingerprint density at radius 2 is 1.79 bits per heavy atom. The molecule has 0 spiro atoms. The Balaban J connectivity index is 3.03. The lowest BCUT2D eigenvalue weighted by Gasteiger charge is -2.27. The summed E-state index contributed by atoms with van der Waals surface area (Å²) in [6.07, 6.45) is 0. The average molecular weight is 265 g/mol. The first-order valence-corrected chi connectivity index (χ1v) is 5.91. The van der Waals surface area contributed by atoms with Gasteiger partial charge < -0.3 is 16.6 Å². The van der Waals surface area contributed by atoms with Gasteiger partial charge in [-0.1, -0.05) is 17.7 Å². The van der Waals surface area contributed by atoms with Crippen LogP contribution in [-0.2, 0) is 9.59 Å². The molecule has 104 valence electrons. The Labute approximate surface area is 112 Å². The lowest BCUT2D eigenvalue weighted by atomic mass is 10.0. The summed E-state index contributed by atoms with van der Waals surface area (Å²) in [5, 5.41) is 9.86. The monoisotopic (exact) mass is 265 g/mol. The van der Waals surface area contributed by atoms with Crippen molar-refractivity contribution in [2.75, 3.05) is 13.1 Å². The molecule has 0 heterocycles. The summed E-state index contributed by atoms with van der Waals surface area (Å²) in [7, 11) is 0. The lowest BCUT2D eigenvalue weighted by Crippen LogP contribution is -2.41. The minimum atomic E-state index is -0.555. The van der Waals surface area contributed by atoms with Crippen LogP contribution in [0.1, 0.15) is 24.1 Å². The van der Waals surface area contributed by atoms with Crippen LogP contribution in [0.2, 0.25) is 0 Å². The number of hydrogen-bond acceptors (Lipinski definition) is 4. The zero-order valence-electron chi connectivity index (χ0n) is 11.1. The molecule has 1 atom stereocenters. The van der Waals surface area contributed by atoms with E-state index in [9.17, 15) is 14.7 Å². The number of aromatic hydroxyl groups is 1. The van der Waals surface area contributed by atoms with Crippen LogP contribution in [0.15, 0.2) is 18.2 Å². The van der Waals surface area contributed by atoms with Gasteiger partial charge >= 0.3 is 0 Å². The van der Waals surface area contributed by atoms with Gasteiger partial charge in [0.2, 0.25) is 11.8 Å². The second-order valence-electron chi connectivity index (χ2n) is 4.58. The van der Waals surface area contributed by atoms with Gasteiger partial charge in [-0.05, 0) is 19.9 Å². The molecule has 1 rings (SSSR count). The molecule has 0 aliphatic rings. The van der Waals surface area contributed by atoms with Crippen LogP contribution in [0.4, 0.5) is 0 Å². The number of rotatable bonds is 6. The van der Waals surface area contributed by atoms with E-state index in [4.69, 9.17) is 11.5 Å². The van der Waals surface area contributed by atoms with E-state index in [2.05, 4.69) is 0 Å². The van der Waals surface area contributed by atoms with Gasteiger partial charge in [0, 0.05) is 11.6 Å². The van der Waals surface area contributed by atoms with Crippen LogP contribution in [0.5, 0.6) is 5.75 Å². The fraction of sp³-hybridized carbons (Fsp3) is 0.385. The minimum absolute atomic E-state index is 0.0997. The summed E-state index contributed by atoms with van der Waals surface area (Å²) in [5.41, 5.74) is 11.9. The van der Waals surface area contributed by atoms with Crippen LogP contribution in [0.25, 0.3) is 0 Å². The SMILES string of the molecule is Cc1ccc(O)c(C(C)N(CC(N)=O)CC(N)=O)c1. The van der Waals surface area contributed by atoms with Crippen molar-refractivity contribution in [2.24, 2.45) is 11.5 Å². The summed E-state index contributed by atoms with van der Waals surface area (Å²) in [6, 6.07) is 4.81. The maximum Gasteiger partial charge on any atom is 0.231 e. The van der Waals surface area contributed by atoms with Gasteiger partial charge in [0.1, 0.15) is 5.75 Å². The van der Waals surface area contributed by atoms with Crippen molar-refractivity contribution in [2.45, 2.75) is 19.9 Å². The average Bonchev–Trinajstić information content (AvgIpc) is 2.29. The van der Waals surface area contributed by atoms with Gasteiger partial charge in [0.25, 0.3) is 0 Å². The summed E-state index contributed by atoms with van der Waals surface area (Å²) in [6.45, 7) is 3.47. The molecule has 0 bridgehead atoms. The smallest absolute Gasteiger partial charge is 0.231 e. The Morgan fingerprint density at radius 3 is 2.26 bits per heavy atom. The number of phenols is 1. The molecule has 1 aromatic carbocycles. The number of phenolic OH excluding ortho intramolecular Hbond substituents is 1. The van der Waals surface area contributed by atoms with Gasteiger partial charge in [-0.2, -0.15) is 0 Å². The molecule has 0 radical (unpaired) electrons. The molecule has 0 saturated carbocycles. The Morgan fingerprint density at radius 1 is 1.26 bits per heavy atom.